The second-order valence-electron chi connectivity index (χ2n) is 8.67. The van der Waals surface area contributed by atoms with Gasteiger partial charge in [-0.25, -0.2) is 9.78 Å². The predicted octanol–water partition coefficient (Wildman–Crippen LogP) is -3.09. The Kier molecular flexibility index (Phi) is 12.9. The Morgan fingerprint density at radius 1 is 1.06 bits per heavy atom. The van der Waals surface area contributed by atoms with Crippen molar-refractivity contribution in [1.82, 2.24) is 25.9 Å². The smallest absolute Gasteiger partial charge is 0.328 e. The molecule has 0 aromatic carbocycles. The first-order chi connectivity index (χ1) is 16.9. The lowest BCUT2D eigenvalue weighted by atomic mass is 10.0. The molecule has 1 heterocycles. The van der Waals surface area contributed by atoms with Crippen LogP contribution in [0.5, 0.6) is 0 Å². The molecule has 0 radical (unpaired) electrons. The van der Waals surface area contributed by atoms with Crippen molar-refractivity contribution in [2.24, 2.45) is 28.1 Å². The monoisotopic (exact) mass is 511 g/mol. The first kappa shape index (κ1) is 30.3. The number of H-pyrrole nitrogens is 1. The van der Waals surface area contributed by atoms with Gasteiger partial charge in [0.1, 0.15) is 18.1 Å². The van der Waals surface area contributed by atoms with Gasteiger partial charge in [-0.15, -0.1) is 0 Å². The standard InChI is InChI=1S/C21H37N9O6/c1-11(2)6-13(22)17(32)29-15(7-12-8-25-10-27-12)19(34)28-14(4-3-5-26-21(23)24)18(33)30-16(9-31)20(35)36/h8,10-11,13-16,31H,3-7,9,22H2,1-2H3,(H,25,27)(H,28,34)(H,29,32)(H,30,33)(H,35,36)(H4,23,24,26). The molecular formula is C21H37N9O6. The summed E-state index contributed by atoms with van der Waals surface area (Å²) in [6, 6.07) is -4.73. The highest BCUT2D eigenvalue weighted by Gasteiger charge is 2.30. The number of carboxylic acid groups (broad SMARTS) is 1. The Morgan fingerprint density at radius 2 is 1.67 bits per heavy atom. The van der Waals surface area contributed by atoms with Crippen LogP contribution in [0, 0.1) is 5.92 Å². The minimum Gasteiger partial charge on any atom is -0.480 e. The van der Waals surface area contributed by atoms with Gasteiger partial charge in [-0.1, -0.05) is 13.8 Å². The van der Waals surface area contributed by atoms with Gasteiger partial charge in [0, 0.05) is 24.9 Å². The quantitative estimate of drug-likeness (QED) is 0.0613. The molecule has 202 valence electrons. The second kappa shape index (κ2) is 15.3. The summed E-state index contributed by atoms with van der Waals surface area (Å²) in [6.45, 7) is 3.12. The predicted molar refractivity (Wildman–Crippen MR) is 130 cm³/mol. The summed E-state index contributed by atoms with van der Waals surface area (Å²) in [5, 5.41) is 25.7. The molecule has 0 aliphatic heterocycles. The summed E-state index contributed by atoms with van der Waals surface area (Å²) < 4.78 is 0. The number of hydrogen-bond acceptors (Lipinski definition) is 8. The molecule has 15 heteroatoms. The van der Waals surface area contributed by atoms with E-state index < -0.39 is 54.5 Å². The molecule has 0 aliphatic carbocycles. The summed E-state index contributed by atoms with van der Waals surface area (Å²) in [6.07, 6.45) is 3.64. The summed E-state index contributed by atoms with van der Waals surface area (Å²) in [5.74, 6) is -3.52. The normalized spacial score (nSPS) is 14.2. The summed E-state index contributed by atoms with van der Waals surface area (Å²) >= 11 is 0. The number of guanidine groups is 1. The lowest BCUT2D eigenvalue weighted by Gasteiger charge is -2.25. The number of carboxylic acids is 1. The Labute approximate surface area is 208 Å². The number of carbonyl (C=O) groups is 4. The van der Waals surface area contributed by atoms with Crippen LogP contribution < -0.4 is 33.2 Å². The number of nitrogens with two attached hydrogens (primary N) is 3. The lowest BCUT2D eigenvalue weighted by Crippen LogP contribution is -2.58. The number of aliphatic imine (C=N–C) groups is 1. The fourth-order valence-electron chi connectivity index (χ4n) is 3.22. The lowest BCUT2D eigenvalue weighted by molar-refractivity contribution is -0.143. The Balaban J connectivity index is 3.05. The number of aliphatic carboxylic acids is 1. The maximum absolute atomic E-state index is 13.2. The average Bonchev–Trinajstić information content (AvgIpc) is 3.30. The molecule has 36 heavy (non-hydrogen) atoms. The molecule has 0 fully saturated rings. The van der Waals surface area contributed by atoms with E-state index in [1.54, 1.807) is 0 Å². The fourth-order valence-corrected chi connectivity index (χ4v) is 3.22. The number of nitrogens with zero attached hydrogens (tertiary/aromatic N) is 2. The number of nitrogens with one attached hydrogen (secondary N) is 4. The minimum absolute atomic E-state index is 0.0305. The number of imidazole rings is 1. The molecule has 0 spiro atoms. The molecule has 1 aromatic rings. The molecule has 15 nitrogen and oxygen atoms in total. The van der Waals surface area contributed by atoms with Crippen molar-refractivity contribution in [3.05, 3.63) is 18.2 Å². The number of hydrogen-bond donors (Lipinski definition) is 9. The first-order valence-corrected chi connectivity index (χ1v) is 11.5. The molecule has 0 aliphatic rings. The summed E-state index contributed by atoms with van der Waals surface area (Å²) in [5.41, 5.74) is 17.1. The van der Waals surface area contributed by atoms with Crippen LogP contribution in [-0.2, 0) is 25.6 Å². The number of aliphatic hydroxyl groups excluding tert-OH is 1. The second-order valence-corrected chi connectivity index (χ2v) is 8.67. The highest BCUT2D eigenvalue weighted by Crippen LogP contribution is 2.06. The van der Waals surface area contributed by atoms with E-state index in [0.717, 1.165) is 0 Å². The van der Waals surface area contributed by atoms with Crippen LogP contribution in [-0.4, -0.2) is 87.2 Å². The van der Waals surface area contributed by atoms with Crippen LogP contribution in [0.3, 0.4) is 0 Å². The van der Waals surface area contributed by atoms with Gasteiger partial charge in [-0.05, 0) is 25.2 Å². The van der Waals surface area contributed by atoms with E-state index >= 15 is 0 Å². The maximum Gasteiger partial charge on any atom is 0.328 e. The molecule has 4 atom stereocenters. The third-order valence-corrected chi connectivity index (χ3v) is 5.05. The van der Waals surface area contributed by atoms with E-state index in [9.17, 15) is 24.3 Å². The van der Waals surface area contributed by atoms with Crippen LogP contribution in [0.4, 0.5) is 0 Å². The number of aliphatic hydroxyl groups is 1. The van der Waals surface area contributed by atoms with Crippen LogP contribution in [0.15, 0.2) is 17.5 Å². The van der Waals surface area contributed by atoms with Gasteiger partial charge < -0.3 is 48.3 Å². The first-order valence-electron chi connectivity index (χ1n) is 11.5. The van der Waals surface area contributed by atoms with Crippen molar-refractivity contribution in [2.75, 3.05) is 13.2 Å². The number of rotatable bonds is 16. The van der Waals surface area contributed by atoms with E-state index in [-0.39, 0.29) is 37.7 Å². The van der Waals surface area contributed by atoms with Gasteiger partial charge in [-0.3, -0.25) is 19.4 Å². The van der Waals surface area contributed by atoms with Crippen molar-refractivity contribution in [3.8, 4) is 0 Å². The molecule has 1 rings (SSSR count). The van der Waals surface area contributed by atoms with Crippen LogP contribution in [0.1, 0.15) is 38.8 Å². The third-order valence-electron chi connectivity index (χ3n) is 5.05. The van der Waals surface area contributed by atoms with Crippen LogP contribution in [0.25, 0.3) is 0 Å². The number of carbonyl (C=O) groups excluding carboxylic acids is 3. The van der Waals surface area contributed by atoms with Crippen molar-refractivity contribution < 1.29 is 29.4 Å². The number of aromatic amines is 1. The Hall–Kier alpha value is -3.72. The molecule has 0 saturated heterocycles. The highest BCUT2D eigenvalue weighted by atomic mass is 16.4. The summed E-state index contributed by atoms with van der Waals surface area (Å²) in [7, 11) is 0. The molecule has 0 saturated carbocycles. The molecule has 0 bridgehead atoms. The van der Waals surface area contributed by atoms with Gasteiger partial charge >= 0.3 is 5.97 Å². The van der Waals surface area contributed by atoms with Crippen LogP contribution in [0.2, 0.25) is 0 Å². The zero-order valence-electron chi connectivity index (χ0n) is 20.4. The number of aromatic nitrogens is 2. The van der Waals surface area contributed by atoms with Crippen molar-refractivity contribution >= 4 is 29.7 Å². The molecular weight excluding hydrogens is 474 g/mol. The van der Waals surface area contributed by atoms with E-state index in [2.05, 4.69) is 30.9 Å². The molecule has 4 unspecified atom stereocenters. The summed E-state index contributed by atoms with van der Waals surface area (Å²) in [4.78, 5) is 60.3. The average molecular weight is 512 g/mol. The van der Waals surface area contributed by atoms with Crippen molar-refractivity contribution in [3.63, 3.8) is 0 Å². The Bertz CT molecular complexity index is 886. The maximum atomic E-state index is 13.2. The highest BCUT2D eigenvalue weighted by molar-refractivity contribution is 5.94. The van der Waals surface area contributed by atoms with E-state index in [4.69, 9.17) is 22.3 Å². The topological polar surface area (TPSA) is 264 Å². The van der Waals surface area contributed by atoms with Gasteiger partial charge in [-0.2, -0.15) is 0 Å². The molecule has 1 aromatic heterocycles. The van der Waals surface area contributed by atoms with E-state index in [1.165, 1.54) is 12.5 Å². The number of amides is 3. The zero-order valence-corrected chi connectivity index (χ0v) is 20.4. The fraction of sp³-hybridized carbons (Fsp3) is 0.619. The van der Waals surface area contributed by atoms with Crippen molar-refractivity contribution in [2.45, 2.75) is 63.7 Å². The van der Waals surface area contributed by atoms with Gasteiger partial charge in [0.2, 0.25) is 17.7 Å². The van der Waals surface area contributed by atoms with Gasteiger partial charge in [0.05, 0.1) is 19.0 Å². The zero-order chi connectivity index (χ0) is 27.3. The van der Waals surface area contributed by atoms with Crippen LogP contribution >= 0.6 is 0 Å². The Morgan fingerprint density at radius 3 is 2.19 bits per heavy atom. The molecule has 12 N–H and O–H groups in total. The third kappa shape index (κ3) is 11.1. The minimum atomic E-state index is -1.57. The van der Waals surface area contributed by atoms with Gasteiger partial charge in [0.15, 0.2) is 5.96 Å². The van der Waals surface area contributed by atoms with E-state index in [1.807, 2.05) is 13.8 Å². The van der Waals surface area contributed by atoms with Crippen molar-refractivity contribution in [1.29, 1.82) is 0 Å². The largest absolute Gasteiger partial charge is 0.480 e. The van der Waals surface area contributed by atoms with E-state index in [0.29, 0.717) is 12.1 Å². The molecule has 3 amide bonds. The van der Waals surface area contributed by atoms with Gasteiger partial charge in [0.25, 0.3) is 0 Å². The SMILES string of the molecule is CC(C)CC(N)C(=O)NC(Cc1cnc[nH]1)C(=O)NC(CCCN=C(N)N)C(=O)NC(CO)C(=O)O.